The van der Waals surface area contributed by atoms with Crippen LogP contribution < -0.4 is 0 Å². The van der Waals surface area contributed by atoms with E-state index in [1.807, 2.05) is 6.07 Å². The summed E-state index contributed by atoms with van der Waals surface area (Å²) in [7, 11) is 0. The number of fused-ring (bicyclic) bond motifs is 3. The van der Waals surface area contributed by atoms with Gasteiger partial charge in [-0.2, -0.15) is 23.5 Å². The van der Waals surface area contributed by atoms with Crippen molar-refractivity contribution in [1.82, 2.24) is 14.9 Å². The monoisotopic (exact) mass is 326 g/mol. The smallest absolute Gasteiger partial charge is 0.375 e. The summed E-state index contributed by atoms with van der Waals surface area (Å²) in [4.78, 5) is 0. The minimum Gasteiger partial charge on any atom is -0.375 e. The largest absolute Gasteiger partial charge is 0.422 e. The van der Waals surface area contributed by atoms with Crippen molar-refractivity contribution >= 4 is 0 Å². The number of hydrogen-bond acceptors (Lipinski definition) is 5. The summed E-state index contributed by atoms with van der Waals surface area (Å²) in [6.45, 7) is 2.42. The average molecular weight is 326 g/mol. The van der Waals surface area contributed by atoms with Gasteiger partial charge >= 0.3 is 6.18 Å². The standard InChI is InChI=1S/C14H13F3N4O2/c1-7-5-9-8(6-19-21(9)4-3-18)11-10(7)12(20-23-11)13(2,22)14(15,16)17/h6-7,22H,4-5H2,1-2H3/t7-,13+/m1/s1. The summed E-state index contributed by atoms with van der Waals surface area (Å²) >= 11 is 0. The van der Waals surface area contributed by atoms with Crippen LogP contribution in [0.1, 0.15) is 36.7 Å². The maximum absolute atomic E-state index is 13.1. The molecule has 3 rings (SSSR count). The molecule has 1 N–H and O–H groups in total. The summed E-state index contributed by atoms with van der Waals surface area (Å²) < 4.78 is 45.9. The molecule has 1 aliphatic rings. The van der Waals surface area contributed by atoms with Crippen LogP contribution >= 0.6 is 0 Å². The number of alkyl halides is 3. The molecule has 6 nitrogen and oxygen atoms in total. The maximum atomic E-state index is 13.1. The number of aliphatic hydroxyl groups is 1. The van der Waals surface area contributed by atoms with Crippen LogP contribution in [0.15, 0.2) is 10.7 Å². The molecule has 0 unspecified atom stereocenters. The van der Waals surface area contributed by atoms with Crippen molar-refractivity contribution in [1.29, 1.82) is 5.26 Å². The zero-order valence-corrected chi connectivity index (χ0v) is 12.3. The number of hydrogen-bond donors (Lipinski definition) is 1. The highest BCUT2D eigenvalue weighted by atomic mass is 19.4. The van der Waals surface area contributed by atoms with Crippen LogP contribution in [-0.4, -0.2) is 26.2 Å². The molecule has 0 amide bonds. The van der Waals surface area contributed by atoms with E-state index in [4.69, 9.17) is 9.78 Å². The number of rotatable bonds is 2. The maximum Gasteiger partial charge on any atom is 0.422 e. The highest BCUT2D eigenvalue weighted by molar-refractivity contribution is 5.68. The van der Waals surface area contributed by atoms with E-state index in [0.717, 1.165) is 0 Å². The first-order valence-corrected chi connectivity index (χ1v) is 6.89. The average Bonchev–Trinajstić information content (AvgIpc) is 3.03. The summed E-state index contributed by atoms with van der Waals surface area (Å²) in [5, 5.41) is 26.3. The van der Waals surface area contributed by atoms with Crippen molar-refractivity contribution in [2.24, 2.45) is 0 Å². The molecule has 2 heterocycles. The molecule has 0 fully saturated rings. The van der Waals surface area contributed by atoms with E-state index in [-0.39, 0.29) is 23.8 Å². The molecule has 0 bridgehead atoms. The molecular weight excluding hydrogens is 313 g/mol. The molecule has 0 saturated carbocycles. The molecule has 2 aromatic heterocycles. The Kier molecular flexibility index (Phi) is 3.26. The summed E-state index contributed by atoms with van der Waals surface area (Å²) in [5.41, 5.74) is -2.17. The number of nitrogens with zero attached hydrogens (tertiary/aromatic N) is 4. The van der Waals surface area contributed by atoms with Crippen molar-refractivity contribution in [2.45, 2.75) is 44.5 Å². The highest BCUT2D eigenvalue weighted by Gasteiger charge is 2.55. The van der Waals surface area contributed by atoms with Gasteiger partial charge in [-0.25, -0.2) is 0 Å². The zero-order chi connectivity index (χ0) is 17.0. The van der Waals surface area contributed by atoms with Crippen LogP contribution in [0.2, 0.25) is 0 Å². The Bertz CT molecular complexity index is 798. The lowest BCUT2D eigenvalue weighted by Gasteiger charge is -2.27. The van der Waals surface area contributed by atoms with Crippen LogP contribution in [0.5, 0.6) is 0 Å². The molecule has 0 aromatic carbocycles. The second kappa shape index (κ2) is 4.83. The quantitative estimate of drug-likeness (QED) is 0.916. The second-order valence-corrected chi connectivity index (χ2v) is 5.77. The third-order valence-corrected chi connectivity index (χ3v) is 4.15. The second-order valence-electron chi connectivity index (χ2n) is 5.77. The molecule has 9 heteroatoms. The minimum absolute atomic E-state index is 0.0403. The fraction of sp³-hybridized carbons (Fsp3) is 0.500. The van der Waals surface area contributed by atoms with Gasteiger partial charge in [-0.05, 0) is 19.3 Å². The molecule has 0 saturated heterocycles. The van der Waals surface area contributed by atoms with Crippen molar-refractivity contribution in [3.63, 3.8) is 0 Å². The molecule has 23 heavy (non-hydrogen) atoms. The molecule has 1 aliphatic carbocycles. The topological polar surface area (TPSA) is 87.9 Å². The first-order valence-electron chi connectivity index (χ1n) is 6.89. The van der Waals surface area contributed by atoms with Gasteiger partial charge in [0.25, 0.3) is 0 Å². The SMILES string of the molecule is C[C@@H]1Cc2c(cnn2CC#N)-c2onc([C@](C)(O)C(F)(F)F)c21. The van der Waals surface area contributed by atoms with Gasteiger partial charge in [0.15, 0.2) is 5.76 Å². The van der Waals surface area contributed by atoms with Gasteiger partial charge < -0.3 is 9.63 Å². The Balaban J connectivity index is 2.17. The van der Waals surface area contributed by atoms with E-state index in [1.165, 1.54) is 10.9 Å². The number of halogens is 3. The van der Waals surface area contributed by atoms with Gasteiger partial charge in [-0.1, -0.05) is 12.1 Å². The van der Waals surface area contributed by atoms with Gasteiger partial charge in [0.1, 0.15) is 12.2 Å². The zero-order valence-electron chi connectivity index (χ0n) is 12.3. The Labute approximate surface area is 129 Å². The fourth-order valence-corrected chi connectivity index (χ4v) is 2.84. The third kappa shape index (κ3) is 2.13. The molecule has 2 atom stereocenters. The van der Waals surface area contributed by atoms with E-state index in [9.17, 15) is 18.3 Å². The third-order valence-electron chi connectivity index (χ3n) is 4.15. The highest BCUT2D eigenvalue weighted by Crippen LogP contribution is 2.47. The van der Waals surface area contributed by atoms with Crippen molar-refractivity contribution in [3.05, 3.63) is 23.1 Å². The van der Waals surface area contributed by atoms with Crippen molar-refractivity contribution in [2.75, 3.05) is 0 Å². The molecular formula is C14H13F3N4O2. The first-order chi connectivity index (χ1) is 10.7. The lowest BCUT2D eigenvalue weighted by molar-refractivity contribution is -0.261. The normalized spacial score (nSPS) is 19.6. The Morgan fingerprint density at radius 2 is 2.22 bits per heavy atom. The van der Waals surface area contributed by atoms with Crippen LogP contribution in [0, 0.1) is 11.3 Å². The van der Waals surface area contributed by atoms with Crippen LogP contribution in [-0.2, 0) is 18.6 Å². The Morgan fingerprint density at radius 3 is 2.83 bits per heavy atom. The molecule has 0 aliphatic heterocycles. The van der Waals surface area contributed by atoms with Crippen molar-refractivity contribution in [3.8, 4) is 17.4 Å². The van der Waals surface area contributed by atoms with E-state index in [1.54, 1.807) is 6.92 Å². The van der Waals surface area contributed by atoms with Gasteiger partial charge in [-0.3, -0.25) is 4.68 Å². The van der Waals surface area contributed by atoms with Crippen LogP contribution in [0.4, 0.5) is 13.2 Å². The van der Waals surface area contributed by atoms with Gasteiger partial charge in [0.05, 0.1) is 23.5 Å². The van der Waals surface area contributed by atoms with E-state index < -0.39 is 17.5 Å². The number of aromatic nitrogens is 3. The summed E-state index contributed by atoms with van der Waals surface area (Å²) in [5.74, 6) is -0.191. The fourth-order valence-electron chi connectivity index (χ4n) is 2.84. The van der Waals surface area contributed by atoms with Gasteiger partial charge in [0.2, 0.25) is 5.60 Å². The summed E-state index contributed by atoms with van der Waals surface area (Å²) in [6.07, 6.45) is -3.05. The van der Waals surface area contributed by atoms with Gasteiger partial charge in [-0.15, -0.1) is 0 Å². The number of nitriles is 1. The Morgan fingerprint density at radius 1 is 1.52 bits per heavy atom. The lowest BCUT2D eigenvalue weighted by Crippen LogP contribution is -2.40. The van der Waals surface area contributed by atoms with Crippen LogP contribution in [0.3, 0.4) is 0 Å². The Hall–Kier alpha value is -2.34. The molecule has 122 valence electrons. The first kappa shape index (κ1) is 15.6. The molecule has 0 spiro atoms. The molecule has 0 radical (unpaired) electrons. The predicted octanol–water partition coefficient (Wildman–Crippen LogP) is 2.49. The predicted molar refractivity (Wildman–Crippen MR) is 71.1 cm³/mol. The lowest BCUT2D eigenvalue weighted by atomic mass is 9.82. The van der Waals surface area contributed by atoms with Crippen molar-refractivity contribution < 1.29 is 22.8 Å². The summed E-state index contributed by atoms with van der Waals surface area (Å²) in [6, 6.07) is 1.97. The molecule has 2 aromatic rings. The van der Waals surface area contributed by atoms with Crippen LogP contribution in [0.25, 0.3) is 11.3 Å². The van der Waals surface area contributed by atoms with E-state index in [2.05, 4.69) is 10.3 Å². The van der Waals surface area contributed by atoms with Gasteiger partial charge in [0, 0.05) is 5.56 Å². The van der Waals surface area contributed by atoms with E-state index in [0.29, 0.717) is 24.6 Å². The van der Waals surface area contributed by atoms with E-state index >= 15 is 0 Å². The minimum atomic E-state index is -4.87.